The molecule has 2 N–H and O–H groups in total. The van der Waals surface area contributed by atoms with Crippen LogP contribution in [0.4, 0.5) is 0 Å². The molecule has 14 heavy (non-hydrogen) atoms. The number of aliphatic hydroxyl groups is 2. The van der Waals surface area contributed by atoms with Crippen molar-refractivity contribution in [2.24, 2.45) is 5.41 Å². The second-order valence-corrected chi connectivity index (χ2v) is 5.35. The molecule has 0 amide bonds. The van der Waals surface area contributed by atoms with Crippen LogP contribution in [0.1, 0.15) is 26.7 Å². The van der Waals surface area contributed by atoms with Gasteiger partial charge in [-0.1, -0.05) is 13.8 Å². The van der Waals surface area contributed by atoms with Crippen LogP contribution in [-0.2, 0) is 4.74 Å². The predicted octanol–water partition coefficient (Wildman–Crippen LogP) is 1.31. The summed E-state index contributed by atoms with van der Waals surface area (Å²) < 4.78 is 4.64. The van der Waals surface area contributed by atoms with E-state index in [0.717, 1.165) is 0 Å². The maximum absolute atomic E-state index is 9.16. The Morgan fingerprint density at radius 3 is 1.86 bits per heavy atom. The van der Waals surface area contributed by atoms with Gasteiger partial charge in [0.05, 0.1) is 19.8 Å². The molecular weight excluding hydrogens is 220 g/mol. The fourth-order valence-electron chi connectivity index (χ4n) is 0.838. The quantitative estimate of drug-likeness (QED) is 0.401. The molecule has 5 heteroatoms. The van der Waals surface area contributed by atoms with Gasteiger partial charge in [-0.3, -0.25) is 0 Å². The highest BCUT2D eigenvalue weighted by Gasteiger charge is 2.30. The standard InChI is InChI=1S/C9H20O3S2/c1-3-8(5-10,6-11)7-12-9(13,14)4-2/h10-11,13-14H,3-7H2,1-2H3. The van der Waals surface area contributed by atoms with Crippen LogP contribution in [0, 0.1) is 5.41 Å². The number of hydrogen-bond acceptors (Lipinski definition) is 5. The lowest BCUT2D eigenvalue weighted by atomic mass is 9.88. The first kappa shape index (κ1) is 14.6. The maximum Gasteiger partial charge on any atom is 0.154 e. The van der Waals surface area contributed by atoms with E-state index >= 15 is 0 Å². The highest BCUT2D eigenvalue weighted by Crippen LogP contribution is 2.30. The van der Waals surface area contributed by atoms with Crippen molar-refractivity contribution < 1.29 is 14.9 Å². The first-order valence-corrected chi connectivity index (χ1v) is 5.65. The number of aliphatic hydroxyl groups excluding tert-OH is 2. The molecule has 86 valence electrons. The monoisotopic (exact) mass is 240 g/mol. The molecule has 0 rings (SSSR count). The zero-order valence-corrected chi connectivity index (χ0v) is 10.5. The Morgan fingerprint density at radius 1 is 1.07 bits per heavy atom. The summed E-state index contributed by atoms with van der Waals surface area (Å²) in [6.07, 6.45) is 1.30. The summed E-state index contributed by atoms with van der Waals surface area (Å²) >= 11 is 8.39. The summed E-state index contributed by atoms with van der Waals surface area (Å²) in [5, 5.41) is 18.3. The summed E-state index contributed by atoms with van der Waals surface area (Å²) in [5.41, 5.74) is -0.577. The van der Waals surface area contributed by atoms with Crippen molar-refractivity contribution in [2.45, 2.75) is 31.0 Å². The van der Waals surface area contributed by atoms with E-state index in [4.69, 9.17) is 14.9 Å². The van der Waals surface area contributed by atoms with E-state index in [0.29, 0.717) is 12.8 Å². The van der Waals surface area contributed by atoms with Crippen LogP contribution in [0.2, 0.25) is 0 Å². The molecule has 0 saturated heterocycles. The normalized spacial score (nSPS) is 13.3. The SMILES string of the molecule is CCC(CO)(CO)COC(S)(S)CC. The highest BCUT2D eigenvalue weighted by molar-refractivity contribution is 8.00. The highest BCUT2D eigenvalue weighted by atomic mass is 32.2. The third kappa shape index (κ3) is 4.40. The van der Waals surface area contributed by atoms with Gasteiger partial charge in [-0.25, -0.2) is 0 Å². The third-order valence-corrected chi connectivity index (χ3v) is 3.38. The van der Waals surface area contributed by atoms with Crippen LogP contribution < -0.4 is 0 Å². The van der Waals surface area contributed by atoms with Crippen LogP contribution >= 0.6 is 25.3 Å². The molecule has 0 aliphatic carbocycles. The molecule has 0 atom stereocenters. The van der Waals surface area contributed by atoms with Crippen molar-refractivity contribution in [2.75, 3.05) is 19.8 Å². The number of rotatable bonds is 7. The van der Waals surface area contributed by atoms with Crippen molar-refractivity contribution in [1.82, 2.24) is 0 Å². The van der Waals surface area contributed by atoms with Crippen LogP contribution in [0.15, 0.2) is 0 Å². The molecule has 0 saturated carbocycles. The largest absolute Gasteiger partial charge is 0.396 e. The minimum Gasteiger partial charge on any atom is -0.396 e. The maximum atomic E-state index is 9.16. The third-order valence-electron chi connectivity index (χ3n) is 2.49. The van der Waals surface area contributed by atoms with E-state index in [-0.39, 0.29) is 19.8 Å². The number of hydrogen-bond donors (Lipinski definition) is 4. The minimum atomic E-state index is -0.787. The predicted molar refractivity (Wildman–Crippen MR) is 63.8 cm³/mol. The second kappa shape index (κ2) is 6.23. The van der Waals surface area contributed by atoms with Gasteiger partial charge in [-0.05, 0) is 12.8 Å². The van der Waals surface area contributed by atoms with E-state index in [9.17, 15) is 0 Å². The molecule has 0 spiro atoms. The molecule has 0 aliphatic heterocycles. The Bertz CT molecular complexity index is 150. The van der Waals surface area contributed by atoms with Crippen molar-refractivity contribution in [3.63, 3.8) is 0 Å². The summed E-state index contributed by atoms with van der Waals surface area (Å²) in [6, 6.07) is 0. The van der Waals surface area contributed by atoms with E-state index in [1.165, 1.54) is 0 Å². The van der Waals surface area contributed by atoms with E-state index in [1.54, 1.807) is 0 Å². The van der Waals surface area contributed by atoms with Crippen molar-refractivity contribution in [3.05, 3.63) is 0 Å². The Labute approximate surface area is 96.7 Å². The lowest BCUT2D eigenvalue weighted by Gasteiger charge is -2.32. The molecule has 0 unspecified atom stereocenters. The minimum absolute atomic E-state index is 0.0959. The van der Waals surface area contributed by atoms with Gasteiger partial charge in [0, 0.05) is 5.41 Å². The average molecular weight is 240 g/mol. The molecule has 0 aromatic heterocycles. The van der Waals surface area contributed by atoms with Gasteiger partial charge in [0.15, 0.2) is 4.27 Å². The topological polar surface area (TPSA) is 49.7 Å². The van der Waals surface area contributed by atoms with Crippen LogP contribution in [0.3, 0.4) is 0 Å². The van der Waals surface area contributed by atoms with Gasteiger partial charge in [-0.15, -0.1) is 25.3 Å². The first-order valence-electron chi connectivity index (χ1n) is 4.75. The van der Waals surface area contributed by atoms with Gasteiger partial charge < -0.3 is 14.9 Å². The number of ether oxygens (including phenoxy) is 1. The molecule has 0 bridgehead atoms. The van der Waals surface area contributed by atoms with Gasteiger partial charge in [0.1, 0.15) is 0 Å². The van der Waals surface area contributed by atoms with Gasteiger partial charge in [0.25, 0.3) is 0 Å². The Morgan fingerprint density at radius 2 is 1.57 bits per heavy atom. The summed E-state index contributed by atoms with van der Waals surface area (Å²) in [7, 11) is 0. The molecule has 0 aromatic carbocycles. The molecule has 0 radical (unpaired) electrons. The average Bonchev–Trinajstić information content (AvgIpc) is 2.21. The molecule has 3 nitrogen and oxygen atoms in total. The Balaban J connectivity index is 4.19. The van der Waals surface area contributed by atoms with Gasteiger partial charge in [0.2, 0.25) is 0 Å². The molecule has 0 aliphatic rings. The zero-order valence-electron chi connectivity index (χ0n) is 8.73. The fourth-order valence-corrected chi connectivity index (χ4v) is 0.967. The first-order chi connectivity index (χ1) is 6.45. The van der Waals surface area contributed by atoms with Crippen LogP contribution in [-0.4, -0.2) is 34.3 Å². The van der Waals surface area contributed by atoms with Crippen molar-refractivity contribution in [3.8, 4) is 0 Å². The van der Waals surface area contributed by atoms with E-state index < -0.39 is 9.68 Å². The lowest BCUT2D eigenvalue weighted by molar-refractivity contribution is -0.0449. The Kier molecular flexibility index (Phi) is 6.48. The molecule has 0 fully saturated rings. The van der Waals surface area contributed by atoms with Crippen molar-refractivity contribution >= 4 is 25.3 Å². The van der Waals surface area contributed by atoms with E-state index in [2.05, 4.69) is 25.3 Å². The second-order valence-electron chi connectivity index (χ2n) is 3.56. The molecular formula is C9H20O3S2. The zero-order chi connectivity index (χ0) is 11.2. The van der Waals surface area contributed by atoms with Gasteiger partial charge >= 0.3 is 0 Å². The summed E-state index contributed by atoms with van der Waals surface area (Å²) in [6.45, 7) is 3.88. The summed E-state index contributed by atoms with van der Waals surface area (Å²) in [4.78, 5) is 0. The van der Waals surface area contributed by atoms with Crippen LogP contribution in [0.5, 0.6) is 0 Å². The molecule has 0 aromatic rings. The lowest BCUT2D eigenvalue weighted by Crippen LogP contribution is -2.37. The smallest absolute Gasteiger partial charge is 0.154 e. The Hall–Kier alpha value is 0.580. The van der Waals surface area contributed by atoms with E-state index in [1.807, 2.05) is 13.8 Å². The van der Waals surface area contributed by atoms with Crippen LogP contribution in [0.25, 0.3) is 0 Å². The number of thiol groups is 2. The molecule has 0 heterocycles. The van der Waals surface area contributed by atoms with Crippen molar-refractivity contribution in [1.29, 1.82) is 0 Å². The fraction of sp³-hybridized carbons (Fsp3) is 1.00. The van der Waals surface area contributed by atoms with Gasteiger partial charge in [-0.2, -0.15) is 0 Å². The summed E-state index contributed by atoms with van der Waals surface area (Å²) in [5.74, 6) is 0.